The smallest absolute Gasteiger partial charge is 0.151 e. The van der Waals surface area contributed by atoms with Gasteiger partial charge in [-0.15, -0.1) is 0 Å². The molecule has 2 atom stereocenters. The Bertz CT molecular complexity index is 496. The Morgan fingerprint density at radius 1 is 1.39 bits per heavy atom. The molecular formula is C13H20N2O2S. The monoisotopic (exact) mass is 268 g/mol. The molecule has 0 bridgehead atoms. The summed E-state index contributed by atoms with van der Waals surface area (Å²) in [6, 6.07) is 4.08. The topological polar surface area (TPSA) is 59.1 Å². The molecule has 0 aliphatic heterocycles. The number of hydrogen-bond donors (Lipinski definition) is 1. The molecule has 0 radical (unpaired) electrons. The number of nitrogens with one attached hydrogen (secondary N) is 1. The van der Waals surface area contributed by atoms with Gasteiger partial charge in [0.15, 0.2) is 9.84 Å². The van der Waals surface area contributed by atoms with Crippen molar-refractivity contribution in [1.29, 1.82) is 0 Å². The van der Waals surface area contributed by atoms with Crippen LogP contribution in [0.3, 0.4) is 0 Å². The van der Waals surface area contributed by atoms with Crippen LogP contribution in [-0.2, 0) is 16.4 Å². The second kappa shape index (κ2) is 5.36. The van der Waals surface area contributed by atoms with Crippen molar-refractivity contribution in [1.82, 2.24) is 10.3 Å². The number of nitrogens with zero attached hydrogens (tertiary/aromatic N) is 1. The van der Waals surface area contributed by atoms with Crippen LogP contribution < -0.4 is 5.32 Å². The van der Waals surface area contributed by atoms with Crippen molar-refractivity contribution in [3.8, 4) is 0 Å². The van der Waals surface area contributed by atoms with E-state index >= 15 is 0 Å². The highest BCUT2D eigenvalue weighted by Gasteiger charge is 2.34. The van der Waals surface area contributed by atoms with E-state index < -0.39 is 9.84 Å². The van der Waals surface area contributed by atoms with Gasteiger partial charge in [-0.1, -0.05) is 12.5 Å². The maximum atomic E-state index is 11.6. The Labute approximate surface area is 109 Å². The number of hydrogen-bond acceptors (Lipinski definition) is 4. The van der Waals surface area contributed by atoms with E-state index in [1.165, 1.54) is 6.26 Å². The molecule has 0 amide bonds. The van der Waals surface area contributed by atoms with E-state index in [-0.39, 0.29) is 11.3 Å². The van der Waals surface area contributed by atoms with Crippen LogP contribution in [0.15, 0.2) is 18.3 Å². The first-order valence-electron chi connectivity index (χ1n) is 6.30. The van der Waals surface area contributed by atoms with Gasteiger partial charge in [0.1, 0.15) is 0 Å². The van der Waals surface area contributed by atoms with Gasteiger partial charge in [-0.2, -0.15) is 0 Å². The van der Waals surface area contributed by atoms with E-state index in [9.17, 15) is 8.42 Å². The van der Waals surface area contributed by atoms with E-state index in [0.717, 1.165) is 30.5 Å². The molecule has 0 aromatic carbocycles. The van der Waals surface area contributed by atoms with Crippen molar-refractivity contribution in [2.24, 2.45) is 0 Å². The summed E-state index contributed by atoms with van der Waals surface area (Å²) in [5.74, 6) is 0. The second-order valence-corrected chi connectivity index (χ2v) is 7.36. The minimum Gasteiger partial charge on any atom is -0.309 e. The van der Waals surface area contributed by atoms with E-state index in [0.29, 0.717) is 6.54 Å². The first-order valence-corrected chi connectivity index (χ1v) is 8.26. The minimum absolute atomic E-state index is 0.0845. The van der Waals surface area contributed by atoms with E-state index in [1.807, 2.05) is 25.3 Å². The third kappa shape index (κ3) is 3.29. The normalized spacial score (nSPS) is 24.3. The zero-order valence-corrected chi connectivity index (χ0v) is 11.7. The molecule has 0 saturated heterocycles. The van der Waals surface area contributed by atoms with Crippen molar-refractivity contribution < 1.29 is 8.42 Å². The van der Waals surface area contributed by atoms with Crippen molar-refractivity contribution in [2.45, 2.75) is 44.0 Å². The highest BCUT2D eigenvalue weighted by Crippen LogP contribution is 2.25. The average molecular weight is 268 g/mol. The Kier molecular flexibility index (Phi) is 4.02. The molecule has 1 N–H and O–H groups in total. The maximum absolute atomic E-state index is 11.6. The summed E-state index contributed by atoms with van der Waals surface area (Å²) in [6.07, 6.45) is 5.89. The molecule has 1 heterocycles. The Morgan fingerprint density at radius 3 is 2.78 bits per heavy atom. The SMILES string of the molecule is Cc1ccc(CNC2CCCC2S(C)(=O)=O)cn1. The van der Waals surface area contributed by atoms with Crippen molar-refractivity contribution in [2.75, 3.05) is 6.26 Å². The van der Waals surface area contributed by atoms with Gasteiger partial charge in [-0.05, 0) is 31.4 Å². The molecule has 4 nitrogen and oxygen atoms in total. The Morgan fingerprint density at radius 2 is 2.17 bits per heavy atom. The van der Waals surface area contributed by atoms with Crippen molar-refractivity contribution in [3.63, 3.8) is 0 Å². The third-order valence-electron chi connectivity index (χ3n) is 3.54. The molecule has 18 heavy (non-hydrogen) atoms. The fourth-order valence-electron chi connectivity index (χ4n) is 2.52. The number of rotatable bonds is 4. The molecule has 1 aliphatic rings. The van der Waals surface area contributed by atoms with Gasteiger partial charge in [0.2, 0.25) is 0 Å². The Hall–Kier alpha value is -0.940. The standard InChI is InChI=1S/C13H20N2O2S/c1-10-6-7-11(8-14-10)9-15-12-4-3-5-13(12)18(2,16)17/h6-8,12-13,15H,3-5,9H2,1-2H3. The number of aromatic nitrogens is 1. The lowest BCUT2D eigenvalue weighted by molar-refractivity contribution is 0.507. The first kappa shape index (κ1) is 13.5. The van der Waals surface area contributed by atoms with Crippen molar-refractivity contribution in [3.05, 3.63) is 29.6 Å². The number of sulfone groups is 1. The number of aryl methyl sites for hydroxylation is 1. The highest BCUT2D eigenvalue weighted by atomic mass is 32.2. The summed E-state index contributed by atoms with van der Waals surface area (Å²) in [4.78, 5) is 4.23. The zero-order chi connectivity index (χ0) is 13.2. The van der Waals surface area contributed by atoms with Crippen LogP contribution in [-0.4, -0.2) is 30.9 Å². The molecule has 1 fully saturated rings. The fourth-order valence-corrected chi connectivity index (χ4v) is 3.95. The summed E-state index contributed by atoms with van der Waals surface area (Å²) in [7, 11) is -2.94. The second-order valence-electron chi connectivity index (χ2n) is 5.09. The van der Waals surface area contributed by atoms with Crippen molar-refractivity contribution >= 4 is 9.84 Å². The van der Waals surface area contributed by atoms with E-state index in [4.69, 9.17) is 0 Å². The van der Waals surface area contributed by atoms with Gasteiger partial charge >= 0.3 is 0 Å². The van der Waals surface area contributed by atoms with E-state index in [1.54, 1.807) is 0 Å². The predicted octanol–water partition coefficient (Wildman–Crippen LogP) is 1.45. The molecular weight excluding hydrogens is 248 g/mol. The average Bonchev–Trinajstić information content (AvgIpc) is 2.76. The van der Waals surface area contributed by atoms with Crippen LogP contribution in [0, 0.1) is 6.92 Å². The van der Waals surface area contributed by atoms with Crippen LogP contribution in [0.1, 0.15) is 30.5 Å². The number of pyridine rings is 1. The maximum Gasteiger partial charge on any atom is 0.151 e. The molecule has 1 aromatic heterocycles. The van der Waals surface area contributed by atoms with Crippen LogP contribution in [0.25, 0.3) is 0 Å². The lowest BCUT2D eigenvalue weighted by Crippen LogP contribution is -2.39. The molecule has 2 rings (SSSR count). The first-order chi connectivity index (χ1) is 8.47. The molecule has 5 heteroatoms. The van der Waals surface area contributed by atoms with Gasteiger partial charge in [-0.3, -0.25) is 4.98 Å². The minimum atomic E-state index is -2.94. The fraction of sp³-hybridized carbons (Fsp3) is 0.615. The van der Waals surface area contributed by atoms with Crippen LogP contribution in [0.4, 0.5) is 0 Å². The van der Waals surface area contributed by atoms with Gasteiger partial charge in [0.25, 0.3) is 0 Å². The van der Waals surface area contributed by atoms with Gasteiger partial charge in [-0.25, -0.2) is 8.42 Å². The predicted molar refractivity (Wildman–Crippen MR) is 72.1 cm³/mol. The van der Waals surface area contributed by atoms with Gasteiger partial charge in [0.05, 0.1) is 5.25 Å². The molecule has 0 spiro atoms. The summed E-state index contributed by atoms with van der Waals surface area (Å²) < 4.78 is 23.3. The zero-order valence-electron chi connectivity index (χ0n) is 10.9. The summed E-state index contributed by atoms with van der Waals surface area (Å²) in [6.45, 7) is 2.64. The lowest BCUT2D eigenvalue weighted by atomic mass is 10.2. The molecule has 1 aliphatic carbocycles. The summed E-state index contributed by atoms with van der Waals surface area (Å²) in [5, 5.41) is 3.13. The van der Waals surface area contributed by atoms with E-state index in [2.05, 4.69) is 10.3 Å². The summed E-state index contributed by atoms with van der Waals surface area (Å²) in [5.41, 5.74) is 2.09. The van der Waals surface area contributed by atoms with Crippen LogP contribution >= 0.6 is 0 Å². The quantitative estimate of drug-likeness (QED) is 0.898. The summed E-state index contributed by atoms with van der Waals surface area (Å²) >= 11 is 0. The van der Waals surface area contributed by atoms with Crippen LogP contribution in [0.5, 0.6) is 0 Å². The van der Waals surface area contributed by atoms with Gasteiger partial charge in [0, 0.05) is 30.7 Å². The highest BCUT2D eigenvalue weighted by molar-refractivity contribution is 7.91. The largest absolute Gasteiger partial charge is 0.309 e. The third-order valence-corrected chi connectivity index (χ3v) is 5.21. The molecule has 1 aromatic rings. The molecule has 1 saturated carbocycles. The Balaban J connectivity index is 1.96. The molecule has 100 valence electrons. The lowest BCUT2D eigenvalue weighted by Gasteiger charge is -2.19. The van der Waals surface area contributed by atoms with Crippen LogP contribution in [0.2, 0.25) is 0 Å². The molecule has 2 unspecified atom stereocenters. The van der Waals surface area contributed by atoms with Gasteiger partial charge < -0.3 is 5.32 Å².